The highest BCUT2D eigenvalue weighted by Gasteiger charge is 2.31. The Bertz CT molecular complexity index is 495. The first-order valence-corrected chi connectivity index (χ1v) is 8.02. The van der Waals surface area contributed by atoms with Gasteiger partial charge >= 0.3 is 0 Å². The maximum atomic E-state index is 12.8. The number of likely N-dealkylation sites (tertiary alicyclic amines) is 1. The van der Waals surface area contributed by atoms with E-state index >= 15 is 0 Å². The quantitative estimate of drug-likeness (QED) is 0.929. The molecule has 1 fully saturated rings. The standard InChI is InChI=1S/C17H24N2O2/c1-2-21-13-8-11-19(12-9-13)17(20)15-7-10-18-16-6-4-3-5-14(15)16/h3-6,13,15,18H,2,7-12H2,1H3. The van der Waals surface area contributed by atoms with E-state index in [-0.39, 0.29) is 5.92 Å². The van der Waals surface area contributed by atoms with Gasteiger partial charge in [-0.1, -0.05) is 18.2 Å². The maximum absolute atomic E-state index is 12.8. The first-order valence-electron chi connectivity index (χ1n) is 8.02. The predicted octanol–water partition coefficient (Wildman–Crippen LogP) is 2.61. The van der Waals surface area contributed by atoms with E-state index < -0.39 is 0 Å². The fourth-order valence-corrected chi connectivity index (χ4v) is 3.42. The molecule has 21 heavy (non-hydrogen) atoms. The van der Waals surface area contributed by atoms with E-state index in [2.05, 4.69) is 17.4 Å². The number of anilines is 1. The Labute approximate surface area is 126 Å². The van der Waals surface area contributed by atoms with Crippen LogP contribution >= 0.6 is 0 Å². The van der Waals surface area contributed by atoms with Crippen molar-refractivity contribution in [2.75, 3.05) is 31.6 Å². The third-order valence-electron chi connectivity index (χ3n) is 4.54. The molecule has 114 valence electrons. The average Bonchev–Trinajstić information content (AvgIpc) is 2.55. The van der Waals surface area contributed by atoms with Crippen molar-refractivity contribution in [1.29, 1.82) is 0 Å². The molecule has 0 bridgehead atoms. The number of amides is 1. The summed E-state index contributed by atoms with van der Waals surface area (Å²) in [5.74, 6) is 0.310. The number of carbonyl (C=O) groups excluding carboxylic acids is 1. The van der Waals surface area contributed by atoms with Gasteiger partial charge < -0.3 is 15.0 Å². The van der Waals surface area contributed by atoms with Gasteiger partial charge in [-0.2, -0.15) is 0 Å². The molecular weight excluding hydrogens is 264 g/mol. The molecule has 1 aromatic rings. The number of nitrogens with one attached hydrogen (secondary N) is 1. The normalized spacial score (nSPS) is 22.5. The zero-order valence-corrected chi connectivity index (χ0v) is 12.7. The van der Waals surface area contributed by atoms with Crippen LogP contribution in [0.5, 0.6) is 0 Å². The second-order valence-corrected chi connectivity index (χ2v) is 5.84. The highest BCUT2D eigenvalue weighted by molar-refractivity contribution is 5.86. The molecule has 0 aromatic heterocycles. The van der Waals surface area contributed by atoms with E-state index in [1.807, 2.05) is 24.0 Å². The SMILES string of the molecule is CCOC1CCN(C(=O)C2CCNc3ccccc32)CC1. The summed E-state index contributed by atoms with van der Waals surface area (Å²) in [5.41, 5.74) is 2.27. The summed E-state index contributed by atoms with van der Waals surface area (Å²) in [4.78, 5) is 14.9. The number of para-hydroxylation sites is 1. The van der Waals surface area contributed by atoms with E-state index in [0.29, 0.717) is 12.0 Å². The van der Waals surface area contributed by atoms with Crippen LogP contribution in [0.2, 0.25) is 0 Å². The number of ether oxygens (including phenoxy) is 1. The topological polar surface area (TPSA) is 41.6 Å². The lowest BCUT2D eigenvalue weighted by molar-refractivity contribution is -0.135. The molecule has 0 spiro atoms. The summed E-state index contributed by atoms with van der Waals surface area (Å²) in [6.07, 6.45) is 3.15. The van der Waals surface area contributed by atoms with Crippen LogP contribution < -0.4 is 5.32 Å². The van der Waals surface area contributed by atoms with Crippen molar-refractivity contribution in [2.45, 2.75) is 38.2 Å². The maximum Gasteiger partial charge on any atom is 0.230 e. The summed E-state index contributed by atoms with van der Waals surface area (Å²) < 4.78 is 5.66. The van der Waals surface area contributed by atoms with Crippen LogP contribution in [0.15, 0.2) is 24.3 Å². The molecule has 3 rings (SSSR count). The highest BCUT2D eigenvalue weighted by Crippen LogP contribution is 2.33. The van der Waals surface area contributed by atoms with Crippen molar-refractivity contribution in [3.63, 3.8) is 0 Å². The molecule has 2 aliphatic heterocycles. The largest absolute Gasteiger partial charge is 0.385 e. The van der Waals surface area contributed by atoms with Gasteiger partial charge in [0, 0.05) is 31.9 Å². The van der Waals surface area contributed by atoms with Crippen molar-refractivity contribution >= 4 is 11.6 Å². The summed E-state index contributed by atoms with van der Waals surface area (Å²) in [7, 11) is 0. The first kappa shape index (κ1) is 14.4. The molecule has 2 aliphatic rings. The van der Waals surface area contributed by atoms with E-state index in [1.54, 1.807) is 0 Å². The third-order valence-corrected chi connectivity index (χ3v) is 4.54. The molecule has 2 heterocycles. The van der Waals surface area contributed by atoms with Crippen molar-refractivity contribution < 1.29 is 9.53 Å². The number of hydrogen-bond acceptors (Lipinski definition) is 3. The average molecular weight is 288 g/mol. The molecule has 1 amide bonds. The van der Waals surface area contributed by atoms with Crippen LogP contribution in [0.4, 0.5) is 5.69 Å². The van der Waals surface area contributed by atoms with Crippen LogP contribution in [-0.4, -0.2) is 43.2 Å². The van der Waals surface area contributed by atoms with E-state index in [4.69, 9.17) is 4.74 Å². The zero-order valence-electron chi connectivity index (χ0n) is 12.7. The second kappa shape index (κ2) is 6.48. The van der Waals surface area contributed by atoms with Gasteiger partial charge in [0.15, 0.2) is 0 Å². The minimum absolute atomic E-state index is 0.0195. The Morgan fingerprint density at radius 1 is 1.29 bits per heavy atom. The zero-order chi connectivity index (χ0) is 14.7. The van der Waals surface area contributed by atoms with Gasteiger partial charge in [-0.05, 0) is 37.8 Å². The fourth-order valence-electron chi connectivity index (χ4n) is 3.42. The van der Waals surface area contributed by atoms with Gasteiger partial charge in [0.2, 0.25) is 5.91 Å². The Balaban J connectivity index is 1.67. The molecule has 0 radical (unpaired) electrons. The van der Waals surface area contributed by atoms with Gasteiger partial charge in [0.05, 0.1) is 12.0 Å². The Morgan fingerprint density at radius 3 is 2.81 bits per heavy atom. The van der Waals surface area contributed by atoms with E-state index in [1.165, 1.54) is 0 Å². The Kier molecular flexibility index (Phi) is 4.44. The van der Waals surface area contributed by atoms with Crippen LogP contribution in [0.3, 0.4) is 0 Å². The van der Waals surface area contributed by atoms with Crippen molar-refractivity contribution in [3.05, 3.63) is 29.8 Å². The molecule has 4 nitrogen and oxygen atoms in total. The Hall–Kier alpha value is -1.55. The van der Waals surface area contributed by atoms with Gasteiger partial charge in [0.1, 0.15) is 0 Å². The minimum atomic E-state index is 0.0195. The number of hydrogen-bond donors (Lipinski definition) is 1. The first-order chi connectivity index (χ1) is 10.3. The van der Waals surface area contributed by atoms with E-state index in [0.717, 1.165) is 56.8 Å². The number of fused-ring (bicyclic) bond motifs is 1. The summed E-state index contributed by atoms with van der Waals surface area (Å²) >= 11 is 0. The fraction of sp³-hybridized carbons (Fsp3) is 0.588. The molecular formula is C17H24N2O2. The second-order valence-electron chi connectivity index (χ2n) is 5.84. The van der Waals surface area contributed by atoms with E-state index in [9.17, 15) is 4.79 Å². The third kappa shape index (κ3) is 3.05. The predicted molar refractivity (Wildman–Crippen MR) is 83.5 cm³/mol. The molecule has 0 aliphatic carbocycles. The lowest BCUT2D eigenvalue weighted by Crippen LogP contribution is -2.44. The summed E-state index contributed by atoms with van der Waals surface area (Å²) in [6, 6.07) is 8.19. The molecule has 1 unspecified atom stereocenters. The minimum Gasteiger partial charge on any atom is -0.385 e. The van der Waals surface area contributed by atoms with Crippen LogP contribution in [0.25, 0.3) is 0 Å². The molecule has 1 aromatic carbocycles. The number of benzene rings is 1. The number of carbonyl (C=O) groups is 1. The molecule has 4 heteroatoms. The van der Waals surface area contributed by atoms with Gasteiger partial charge in [-0.15, -0.1) is 0 Å². The Morgan fingerprint density at radius 2 is 2.05 bits per heavy atom. The molecule has 1 atom stereocenters. The van der Waals surface area contributed by atoms with Gasteiger partial charge in [0.25, 0.3) is 0 Å². The monoisotopic (exact) mass is 288 g/mol. The highest BCUT2D eigenvalue weighted by atomic mass is 16.5. The van der Waals surface area contributed by atoms with Crippen molar-refractivity contribution in [2.24, 2.45) is 0 Å². The number of piperidine rings is 1. The van der Waals surface area contributed by atoms with Gasteiger partial charge in [-0.25, -0.2) is 0 Å². The van der Waals surface area contributed by atoms with Crippen molar-refractivity contribution in [1.82, 2.24) is 4.90 Å². The number of rotatable bonds is 3. The van der Waals surface area contributed by atoms with Crippen molar-refractivity contribution in [3.8, 4) is 0 Å². The lowest BCUT2D eigenvalue weighted by atomic mass is 9.89. The van der Waals surface area contributed by atoms with Crippen LogP contribution in [0, 0.1) is 0 Å². The molecule has 1 saturated heterocycles. The van der Waals surface area contributed by atoms with Crippen LogP contribution in [-0.2, 0) is 9.53 Å². The summed E-state index contributed by atoms with van der Waals surface area (Å²) in [5, 5.41) is 3.38. The lowest BCUT2D eigenvalue weighted by Gasteiger charge is -2.35. The molecule has 1 N–H and O–H groups in total. The molecule has 0 saturated carbocycles. The van der Waals surface area contributed by atoms with Crippen LogP contribution in [0.1, 0.15) is 37.7 Å². The smallest absolute Gasteiger partial charge is 0.230 e. The van der Waals surface area contributed by atoms with Gasteiger partial charge in [-0.3, -0.25) is 4.79 Å². The summed E-state index contributed by atoms with van der Waals surface area (Å²) in [6.45, 7) is 5.33. The number of nitrogens with zero attached hydrogens (tertiary/aromatic N) is 1.